The van der Waals surface area contributed by atoms with E-state index in [1.807, 2.05) is 0 Å². The van der Waals surface area contributed by atoms with Crippen LogP contribution in [0.1, 0.15) is 51.0 Å². The molecule has 0 N–H and O–H groups in total. The number of rotatable bonds is 9. The Morgan fingerprint density at radius 1 is 1.08 bits per heavy atom. The van der Waals surface area contributed by atoms with Crippen molar-refractivity contribution in [3.8, 4) is 5.75 Å². The van der Waals surface area contributed by atoms with Crippen molar-refractivity contribution in [3.05, 3.63) is 23.8 Å². The van der Waals surface area contributed by atoms with E-state index in [1.165, 1.54) is 12.1 Å². The first-order valence-corrected chi connectivity index (χ1v) is 9.80. The van der Waals surface area contributed by atoms with E-state index in [4.69, 9.17) is 9.02 Å². The molecule has 0 radical (unpaired) electrons. The van der Waals surface area contributed by atoms with Crippen LogP contribution in [0.4, 0.5) is 0 Å². The van der Waals surface area contributed by atoms with E-state index in [1.54, 1.807) is 13.0 Å². The molecule has 25 heavy (non-hydrogen) atoms. The molecule has 0 aliphatic carbocycles. The summed E-state index contributed by atoms with van der Waals surface area (Å²) in [4.78, 5) is 22.9. The van der Waals surface area contributed by atoms with Crippen molar-refractivity contribution in [1.82, 2.24) is 5.06 Å². The second kappa shape index (κ2) is 8.44. The minimum atomic E-state index is -4.26. The Balaban J connectivity index is 2.03. The number of amides is 2. The summed E-state index contributed by atoms with van der Waals surface area (Å²) in [5, 5.41) is 0.326. The van der Waals surface area contributed by atoms with E-state index in [2.05, 4.69) is 6.92 Å². The average molecular weight is 369 g/mol. The molecule has 1 saturated heterocycles. The van der Waals surface area contributed by atoms with Crippen LogP contribution in [0.2, 0.25) is 0 Å². The molecule has 0 aromatic heterocycles. The molecule has 138 valence electrons. The van der Waals surface area contributed by atoms with Crippen LogP contribution in [-0.4, -0.2) is 31.9 Å². The molecule has 0 saturated carbocycles. The molecule has 1 heterocycles. The highest BCUT2D eigenvalue weighted by molar-refractivity contribution is 7.86. The van der Waals surface area contributed by atoms with Crippen LogP contribution in [0.25, 0.3) is 0 Å². The summed E-state index contributed by atoms with van der Waals surface area (Å²) < 4.78 is 35.0. The summed E-state index contributed by atoms with van der Waals surface area (Å²) in [6.07, 6.45) is 4.25. The quantitative estimate of drug-likeness (QED) is 0.491. The Labute approximate surface area is 148 Å². The lowest BCUT2D eigenvalue weighted by Crippen LogP contribution is -2.32. The van der Waals surface area contributed by atoms with Crippen molar-refractivity contribution in [2.24, 2.45) is 0 Å². The van der Waals surface area contributed by atoms with E-state index < -0.39 is 21.9 Å². The van der Waals surface area contributed by atoms with Crippen molar-refractivity contribution >= 4 is 21.9 Å². The van der Waals surface area contributed by atoms with Crippen LogP contribution in [0.15, 0.2) is 23.1 Å². The van der Waals surface area contributed by atoms with E-state index in [9.17, 15) is 18.0 Å². The van der Waals surface area contributed by atoms with Crippen molar-refractivity contribution in [2.75, 3.05) is 6.61 Å². The molecule has 1 fully saturated rings. The maximum Gasteiger partial charge on any atom is 0.318 e. The van der Waals surface area contributed by atoms with Gasteiger partial charge in [-0.25, -0.2) is 0 Å². The Kier molecular flexibility index (Phi) is 6.55. The van der Waals surface area contributed by atoms with Gasteiger partial charge in [-0.2, -0.15) is 8.42 Å². The largest absolute Gasteiger partial charge is 0.494 e. The fourth-order valence-electron chi connectivity index (χ4n) is 2.49. The van der Waals surface area contributed by atoms with Gasteiger partial charge in [0.25, 0.3) is 11.8 Å². The van der Waals surface area contributed by atoms with Gasteiger partial charge in [0.15, 0.2) is 0 Å². The van der Waals surface area contributed by atoms with Gasteiger partial charge in [0.1, 0.15) is 5.75 Å². The number of ether oxygens (including phenoxy) is 1. The normalized spacial score (nSPS) is 15.0. The number of hydrogen-bond acceptors (Lipinski definition) is 6. The number of carbonyl (C=O) groups excluding carboxylic acids is 2. The standard InChI is InChI=1S/C17H23NO6S/c1-3-4-5-6-11-23-14-7-8-15(13(2)12-14)25(21,22)24-18-16(19)9-10-17(18)20/h7-8,12H,3-6,9-11H2,1-2H3. The SMILES string of the molecule is CCCCCCOc1ccc(S(=O)(=O)ON2C(=O)CCC2=O)c(C)c1. The Morgan fingerprint density at radius 2 is 1.76 bits per heavy atom. The van der Waals surface area contributed by atoms with Crippen molar-refractivity contribution in [2.45, 2.75) is 57.3 Å². The molecule has 0 unspecified atom stereocenters. The summed E-state index contributed by atoms with van der Waals surface area (Å²) in [6, 6.07) is 4.50. The monoisotopic (exact) mass is 369 g/mol. The highest BCUT2D eigenvalue weighted by Gasteiger charge is 2.35. The molecule has 1 aliphatic rings. The zero-order valence-electron chi connectivity index (χ0n) is 14.5. The Bertz CT molecular complexity index is 728. The topological polar surface area (TPSA) is 90.0 Å². The molecule has 1 aliphatic heterocycles. The minimum absolute atomic E-state index is 0.0435. The summed E-state index contributed by atoms with van der Waals surface area (Å²) in [5.74, 6) is -0.738. The Morgan fingerprint density at radius 3 is 2.36 bits per heavy atom. The van der Waals surface area contributed by atoms with Crippen LogP contribution in [0.3, 0.4) is 0 Å². The maximum atomic E-state index is 12.3. The predicted octanol–water partition coefficient (Wildman–Crippen LogP) is 2.72. The predicted molar refractivity (Wildman–Crippen MR) is 90.2 cm³/mol. The molecular formula is C17H23NO6S. The third kappa shape index (κ3) is 5.02. The molecule has 2 amide bonds. The van der Waals surface area contributed by atoms with Crippen molar-refractivity contribution < 1.29 is 27.0 Å². The second-order valence-electron chi connectivity index (χ2n) is 5.95. The molecular weight excluding hydrogens is 346 g/mol. The van der Waals surface area contributed by atoms with Crippen LogP contribution in [0, 0.1) is 6.92 Å². The lowest BCUT2D eigenvalue weighted by Gasteiger charge is -2.15. The van der Waals surface area contributed by atoms with Crippen LogP contribution >= 0.6 is 0 Å². The first-order chi connectivity index (χ1) is 11.8. The lowest BCUT2D eigenvalue weighted by atomic mass is 10.2. The molecule has 1 aromatic rings. The molecule has 1 aromatic carbocycles. The third-order valence-corrected chi connectivity index (χ3v) is 5.20. The molecule has 0 bridgehead atoms. The van der Waals surface area contributed by atoms with E-state index in [0.29, 0.717) is 23.0 Å². The number of hydroxylamine groups is 2. The minimum Gasteiger partial charge on any atom is -0.494 e. The number of carbonyl (C=O) groups is 2. The molecule has 0 spiro atoms. The van der Waals surface area contributed by atoms with Gasteiger partial charge < -0.3 is 4.74 Å². The number of benzene rings is 1. The smallest absolute Gasteiger partial charge is 0.318 e. The summed E-state index contributed by atoms with van der Waals surface area (Å²) >= 11 is 0. The first-order valence-electron chi connectivity index (χ1n) is 8.39. The summed E-state index contributed by atoms with van der Waals surface area (Å²) in [5.41, 5.74) is 0.421. The highest BCUT2D eigenvalue weighted by Crippen LogP contribution is 2.25. The zero-order valence-corrected chi connectivity index (χ0v) is 15.3. The third-order valence-electron chi connectivity index (χ3n) is 3.86. The molecule has 7 nitrogen and oxygen atoms in total. The molecule has 8 heteroatoms. The van der Waals surface area contributed by atoms with Gasteiger partial charge in [-0.1, -0.05) is 26.2 Å². The molecule has 2 rings (SSSR count). The van der Waals surface area contributed by atoms with Gasteiger partial charge >= 0.3 is 10.1 Å². The fraction of sp³-hybridized carbons (Fsp3) is 0.529. The summed E-state index contributed by atoms with van der Waals surface area (Å²) in [7, 11) is -4.26. The van der Waals surface area contributed by atoms with Gasteiger partial charge in [0.05, 0.1) is 11.5 Å². The van der Waals surface area contributed by atoms with E-state index >= 15 is 0 Å². The second-order valence-corrected chi connectivity index (χ2v) is 7.44. The van der Waals surface area contributed by atoms with Gasteiger partial charge in [-0.05, 0) is 37.1 Å². The van der Waals surface area contributed by atoms with Crippen LogP contribution < -0.4 is 4.74 Å². The lowest BCUT2D eigenvalue weighted by molar-refractivity contribution is -0.163. The fourth-order valence-corrected chi connectivity index (χ4v) is 3.62. The number of aryl methyl sites for hydroxylation is 1. The Hall–Kier alpha value is -1.93. The average Bonchev–Trinajstić information content (AvgIpc) is 2.86. The number of hydrogen-bond donors (Lipinski definition) is 0. The van der Waals surface area contributed by atoms with Gasteiger partial charge in [0.2, 0.25) is 0 Å². The van der Waals surface area contributed by atoms with Gasteiger partial charge in [0, 0.05) is 12.8 Å². The van der Waals surface area contributed by atoms with Crippen molar-refractivity contribution in [1.29, 1.82) is 0 Å². The van der Waals surface area contributed by atoms with Gasteiger partial charge in [-0.15, -0.1) is 9.35 Å². The first kappa shape index (κ1) is 19.4. The van der Waals surface area contributed by atoms with Crippen LogP contribution in [0.5, 0.6) is 5.75 Å². The highest BCUT2D eigenvalue weighted by atomic mass is 32.2. The van der Waals surface area contributed by atoms with Gasteiger partial charge in [-0.3, -0.25) is 9.59 Å². The zero-order chi connectivity index (χ0) is 18.4. The van der Waals surface area contributed by atoms with E-state index in [0.717, 1.165) is 25.7 Å². The summed E-state index contributed by atoms with van der Waals surface area (Å²) in [6.45, 7) is 4.31. The number of nitrogens with zero attached hydrogens (tertiary/aromatic N) is 1. The van der Waals surface area contributed by atoms with Crippen molar-refractivity contribution in [3.63, 3.8) is 0 Å². The van der Waals surface area contributed by atoms with Crippen LogP contribution in [-0.2, 0) is 24.0 Å². The number of unbranched alkanes of at least 4 members (excludes halogenated alkanes) is 3. The number of imide groups is 1. The maximum absolute atomic E-state index is 12.3. The van der Waals surface area contributed by atoms with E-state index in [-0.39, 0.29) is 17.7 Å². The molecule has 0 atom stereocenters.